The molecule has 0 saturated carbocycles. The van der Waals surface area contributed by atoms with Crippen molar-refractivity contribution >= 4 is 46.4 Å². The maximum Gasteiger partial charge on any atom is 0.225 e. The van der Waals surface area contributed by atoms with Gasteiger partial charge in [0.1, 0.15) is 0 Å². The van der Waals surface area contributed by atoms with Gasteiger partial charge in [-0.1, -0.05) is 46.9 Å². The molecule has 0 aromatic heterocycles. The van der Waals surface area contributed by atoms with Gasteiger partial charge in [0.15, 0.2) is 0 Å². The predicted octanol–water partition coefficient (Wildman–Crippen LogP) is 5.21. The van der Waals surface area contributed by atoms with E-state index >= 15 is 0 Å². The predicted molar refractivity (Wildman–Crippen MR) is 125 cm³/mol. The third kappa shape index (κ3) is 5.05. The first kappa shape index (κ1) is 21.8. The van der Waals surface area contributed by atoms with Gasteiger partial charge in [-0.3, -0.25) is 9.69 Å². The Morgan fingerprint density at radius 3 is 2.13 bits per heavy atom. The smallest absolute Gasteiger partial charge is 0.225 e. The SMILES string of the molecule is O=C(C1CCN(Cc2c(Cl)cccc2Cl)CC1)N1CCN(c2cccc(Cl)c2)CC1. The fraction of sp³-hybridized carbons (Fsp3) is 0.435. The Hall–Kier alpha value is -1.46. The van der Waals surface area contributed by atoms with Crippen LogP contribution in [0.5, 0.6) is 0 Å². The highest BCUT2D eigenvalue weighted by Gasteiger charge is 2.30. The van der Waals surface area contributed by atoms with Crippen molar-refractivity contribution in [3.63, 3.8) is 0 Å². The number of piperazine rings is 1. The van der Waals surface area contributed by atoms with Crippen LogP contribution in [0.25, 0.3) is 0 Å². The van der Waals surface area contributed by atoms with Crippen molar-refractivity contribution in [1.82, 2.24) is 9.80 Å². The Balaban J connectivity index is 1.27. The number of carbonyl (C=O) groups is 1. The highest BCUT2D eigenvalue weighted by Crippen LogP contribution is 2.28. The normalized spacial score (nSPS) is 18.6. The molecule has 2 aliphatic heterocycles. The van der Waals surface area contributed by atoms with Crippen molar-refractivity contribution in [2.24, 2.45) is 5.92 Å². The molecule has 160 valence electrons. The number of benzene rings is 2. The van der Waals surface area contributed by atoms with Gasteiger partial charge >= 0.3 is 0 Å². The van der Waals surface area contributed by atoms with Crippen LogP contribution in [0, 0.1) is 5.92 Å². The topological polar surface area (TPSA) is 26.8 Å². The fourth-order valence-electron chi connectivity index (χ4n) is 4.36. The maximum absolute atomic E-state index is 13.0. The molecule has 4 rings (SSSR count). The quantitative estimate of drug-likeness (QED) is 0.619. The van der Waals surface area contributed by atoms with Crippen LogP contribution in [-0.2, 0) is 11.3 Å². The lowest BCUT2D eigenvalue weighted by molar-refractivity contribution is -0.137. The van der Waals surface area contributed by atoms with E-state index < -0.39 is 0 Å². The minimum absolute atomic E-state index is 0.112. The Morgan fingerprint density at radius 1 is 0.867 bits per heavy atom. The molecule has 4 nitrogen and oxygen atoms in total. The Morgan fingerprint density at radius 2 is 1.50 bits per heavy atom. The lowest BCUT2D eigenvalue weighted by Crippen LogP contribution is -2.51. The molecule has 2 aromatic carbocycles. The average molecular weight is 467 g/mol. The van der Waals surface area contributed by atoms with Crippen LogP contribution in [0.1, 0.15) is 18.4 Å². The minimum Gasteiger partial charge on any atom is -0.368 e. The summed E-state index contributed by atoms with van der Waals surface area (Å²) in [6, 6.07) is 13.5. The van der Waals surface area contributed by atoms with Gasteiger partial charge in [-0.25, -0.2) is 0 Å². The molecule has 30 heavy (non-hydrogen) atoms. The van der Waals surface area contributed by atoms with E-state index in [1.54, 1.807) is 0 Å². The first-order valence-electron chi connectivity index (χ1n) is 10.5. The first-order valence-corrected chi connectivity index (χ1v) is 11.6. The first-order chi connectivity index (χ1) is 14.5. The zero-order chi connectivity index (χ0) is 21.1. The van der Waals surface area contributed by atoms with E-state index in [-0.39, 0.29) is 5.92 Å². The van der Waals surface area contributed by atoms with Crippen molar-refractivity contribution in [3.8, 4) is 0 Å². The van der Waals surface area contributed by atoms with E-state index in [0.29, 0.717) is 16.0 Å². The summed E-state index contributed by atoms with van der Waals surface area (Å²) in [6.07, 6.45) is 1.77. The van der Waals surface area contributed by atoms with Crippen LogP contribution in [0.4, 0.5) is 5.69 Å². The van der Waals surface area contributed by atoms with Gasteiger partial charge in [-0.15, -0.1) is 0 Å². The van der Waals surface area contributed by atoms with Gasteiger partial charge in [-0.05, 0) is 56.3 Å². The molecule has 2 heterocycles. The van der Waals surface area contributed by atoms with Crippen molar-refractivity contribution in [2.75, 3.05) is 44.2 Å². The van der Waals surface area contributed by atoms with E-state index in [1.165, 1.54) is 0 Å². The van der Waals surface area contributed by atoms with E-state index in [2.05, 4.69) is 15.9 Å². The van der Waals surface area contributed by atoms with Crippen molar-refractivity contribution < 1.29 is 4.79 Å². The lowest BCUT2D eigenvalue weighted by atomic mass is 9.94. The zero-order valence-electron chi connectivity index (χ0n) is 16.9. The average Bonchev–Trinajstić information content (AvgIpc) is 2.76. The third-order valence-electron chi connectivity index (χ3n) is 6.14. The number of nitrogens with zero attached hydrogens (tertiary/aromatic N) is 3. The van der Waals surface area contributed by atoms with Crippen LogP contribution in [0.3, 0.4) is 0 Å². The van der Waals surface area contributed by atoms with Crippen LogP contribution >= 0.6 is 34.8 Å². The fourth-order valence-corrected chi connectivity index (χ4v) is 5.06. The monoisotopic (exact) mass is 465 g/mol. The van der Waals surface area contributed by atoms with Gasteiger partial charge < -0.3 is 9.80 Å². The van der Waals surface area contributed by atoms with Crippen LogP contribution in [0.15, 0.2) is 42.5 Å². The summed E-state index contributed by atoms with van der Waals surface area (Å²) in [5.41, 5.74) is 2.10. The molecule has 0 unspecified atom stereocenters. The molecule has 0 bridgehead atoms. The van der Waals surface area contributed by atoms with Crippen LogP contribution < -0.4 is 4.90 Å². The van der Waals surface area contributed by atoms with E-state index in [4.69, 9.17) is 34.8 Å². The molecular formula is C23H26Cl3N3O. The van der Waals surface area contributed by atoms with Gasteiger partial charge in [-0.2, -0.15) is 0 Å². The highest BCUT2D eigenvalue weighted by molar-refractivity contribution is 6.36. The molecule has 1 amide bonds. The number of piperidine rings is 1. The van der Waals surface area contributed by atoms with Crippen molar-refractivity contribution in [1.29, 1.82) is 0 Å². The minimum atomic E-state index is 0.112. The van der Waals surface area contributed by atoms with E-state index in [0.717, 1.165) is 74.9 Å². The van der Waals surface area contributed by atoms with Crippen molar-refractivity contribution in [2.45, 2.75) is 19.4 Å². The van der Waals surface area contributed by atoms with Crippen LogP contribution in [-0.4, -0.2) is 55.0 Å². The number of halogens is 3. The van der Waals surface area contributed by atoms with Gasteiger partial charge in [0.2, 0.25) is 5.91 Å². The molecule has 0 aliphatic carbocycles. The van der Waals surface area contributed by atoms with Gasteiger partial charge in [0.05, 0.1) is 0 Å². The van der Waals surface area contributed by atoms with Gasteiger partial charge in [0.25, 0.3) is 0 Å². The second kappa shape index (κ2) is 9.78. The molecule has 2 saturated heterocycles. The second-order valence-corrected chi connectivity index (χ2v) is 9.29. The Bertz CT molecular complexity index is 871. The number of likely N-dealkylation sites (tertiary alicyclic amines) is 1. The highest BCUT2D eigenvalue weighted by atomic mass is 35.5. The number of hydrogen-bond acceptors (Lipinski definition) is 3. The molecule has 2 aliphatic rings. The molecule has 0 N–H and O–H groups in total. The van der Waals surface area contributed by atoms with E-state index in [1.807, 2.05) is 41.3 Å². The second-order valence-electron chi connectivity index (χ2n) is 8.04. The molecular weight excluding hydrogens is 441 g/mol. The molecule has 0 radical (unpaired) electrons. The van der Waals surface area contributed by atoms with E-state index in [9.17, 15) is 4.79 Å². The number of rotatable bonds is 4. The molecule has 7 heteroatoms. The summed E-state index contributed by atoms with van der Waals surface area (Å²) in [4.78, 5) is 19.7. The summed E-state index contributed by atoms with van der Waals surface area (Å²) in [7, 11) is 0. The number of anilines is 1. The molecule has 0 atom stereocenters. The third-order valence-corrected chi connectivity index (χ3v) is 7.09. The summed E-state index contributed by atoms with van der Waals surface area (Å²) < 4.78 is 0. The Labute approximate surface area is 193 Å². The number of carbonyl (C=O) groups excluding carboxylic acids is 1. The summed E-state index contributed by atoms with van der Waals surface area (Å²) >= 11 is 18.7. The zero-order valence-corrected chi connectivity index (χ0v) is 19.1. The largest absolute Gasteiger partial charge is 0.368 e. The summed E-state index contributed by atoms with van der Waals surface area (Å²) in [5.74, 6) is 0.414. The van der Waals surface area contributed by atoms with Crippen molar-refractivity contribution in [3.05, 3.63) is 63.1 Å². The molecule has 0 spiro atoms. The number of amides is 1. The molecule has 2 aromatic rings. The summed E-state index contributed by atoms with van der Waals surface area (Å²) in [6.45, 7) is 5.73. The summed E-state index contributed by atoms with van der Waals surface area (Å²) in [5, 5.41) is 2.16. The molecule has 2 fully saturated rings. The standard InChI is InChI=1S/C23H26Cl3N3O/c24-18-3-1-4-19(15-18)28-11-13-29(14-12-28)23(30)17-7-9-27(10-8-17)16-20-21(25)5-2-6-22(20)26/h1-6,15,17H,7-14,16H2. The Kier molecular flexibility index (Phi) is 7.09. The van der Waals surface area contributed by atoms with Gasteiger partial charge in [0, 0.05) is 65.0 Å². The lowest BCUT2D eigenvalue weighted by Gasteiger charge is -2.39. The van der Waals surface area contributed by atoms with Crippen LogP contribution in [0.2, 0.25) is 15.1 Å². The number of hydrogen-bond donors (Lipinski definition) is 0. The maximum atomic E-state index is 13.0.